The molecule has 17 heavy (non-hydrogen) atoms. The Kier molecular flexibility index (Phi) is 4.87. The third kappa shape index (κ3) is 4.59. The number of hydrogen-bond acceptors (Lipinski definition) is 6. The standard InChI is InChI=1S/2CHF3O3S.Fe/c2*2-1(3,4)8(5,6)7;/h2*(H,5,6,7);/q;;+2/p-2. The Morgan fingerprint density at radius 3 is 1.12 bits per heavy atom. The van der Waals surface area contributed by atoms with Gasteiger partial charge >= 0.3 is 96.6 Å². The van der Waals surface area contributed by atoms with Gasteiger partial charge < -0.3 is 0 Å². The van der Waals surface area contributed by atoms with Crippen molar-refractivity contribution in [3.05, 3.63) is 0 Å². The van der Waals surface area contributed by atoms with Gasteiger partial charge in [-0.1, -0.05) is 0 Å². The SMILES string of the molecule is O=S(=O)([O][Fe][O]S(=O)(=O)C(F)(F)F)C(F)(F)F. The molecule has 0 amide bonds. The van der Waals surface area contributed by atoms with Crippen LogP contribution in [0, 0.1) is 0 Å². The second-order valence-corrected chi connectivity index (χ2v) is 6.24. The van der Waals surface area contributed by atoms with Gasteiger partial charge in [-0.15, -0.1) is 0 Å². The second kappa shape index (κ2) is 4.89. The van der Waals surface area contributed by atoms with E-state index >= 15 is 0 Å². The maximum atomic E-state index is 11.5. The Bertz CT molecular complexity index is 414. The van der Waals surface area contributed by atoms with Crippen molar-refractivity contribution in [1.82, 2.24) is 0 Å². The summed E-state index contributed by atoms with van der Waals surface area (Å²) in [5.74, 6) is 0. The molecule has 0 rings (SSSR count). The predicted octanol–water partition coefficient (Wildman–Crippen LogP) is 0.631. The van der Waals surface area contributed by atoms with Crippen LogP contribution in [0.15, 0.2) is 0 Å². The van der Waals surface area contributed by atoms with E-state index < -0.39 is 46.9 Å². The fourth-order valence-corrected chi connectivity index (χ4v) is 1.97. The van der Waals surface area contributed by atoms with Crippen molar-refractivity contribution in [3.8, 4) is 0 Å². The molecule has 0 aromatic rings. The van der Waals surface area contributed by atoms with Gasteiger partial charge in [0, 0.05) is 0 Å². The fourth-order valence-electron chi connectivity index (χ4n) is 0.140. The second-order valence-electron chi connectivity index (χ2n) is 1.98. The van der Waals surface area contributed by atoms with Gasteiger partial charge in [-0.25, -0.2) is 0 Å². The average molecular weight is 354 g/mol. The summed E-state index contributed by atoms with van der Waals surface area (Å²) in [6.07, 6.45) is 0. The summed E-state index contributed by atoms with van der Waals surface area (Å²) in [7, 11) is -12.4. The van der Waals surface area contributed by atoms with Crippen LogP contribution in [0.5, 0.6) is 0 Å². The average Bonchev–Trinajstić information content (AvgIpc) is 1.98. The van der Waals surface area contributed by atoms with Crippen molar-refractivity contribution >= 4 is 20.2 Å². The molecule has 0 heterocycles. The Hall–Kier alpha value is -0.0805. The first-order valence-corrected chi connectivity index (χ1v) is 6.55. The van der Waals surface area contributed by atoms with Crippen LogP contribution in [-0.4, -0.2) is 27.9 Å². The van der Waals surface area contributed by atoms with Gasteiger partial charge in [-0.2, -0.15) is 0 Å². The van der Waals surface area contributed by atoms with Crippen LogP contribution < -0.4 is 0 Å². The van der Waals surface area contributed by atoms with Crippen molar-refractivity contribution in [2.45, 2.75) is 11.0 Å². The van der Waals surface area contributed by atoms with Crippen LogP contribution in [0.4, 0.5) is 26.3 Å². The monoisotopic (exact) mass is 354 g/mol. The maximum absolute atomic E-state index is 11.5. The predicted molar refractivity (Wildman–Crippen MR) is 32.1 cm³/mol. The molecule has 0 unspecified atom stereocenters. The van der Waals surface area contributed by atoms with Crippen molar-refractivity contribution in [2.24, 2.45) is 0 Å². The summed E-state index contributed by atoms with van der Waals surface area (Å²) in [5.41, 5.74) is -11.8. The summed E-state index contributed by atoms with van der Waals surface area (Å²) in [6, 6.07) is 0. The first kappa shape index (κ1) is 16.9. The molecule has 0 aliphatic carbocycles. The Balaban J connectivity index is 4.58. The van der Waals surface area contributed by atoms with E-state index in [9.17, 15) is 43.2 Å². The van der Waals surface area contributed by atoms with E-state index in [2.05, 4.69) is 6.53 Å². The van der Waals surface area contributed by atoms with E-state index in [-0.39, 0.29) is 0 Å². The van der Waals surface area contributed by atoms with Crippen LogP contribution in [0.25, 0.3) is 0 Å². The van der Waals surface area contributed by atoms with E-state index in [1.54, 1.807) is 0 Å². The molecule has 0 aliphatic rings. The molecule has 0 saturated heterocycles. The molecule has 0 N–H and O–H groups in total. The zero-order valence-electron chi connectivity index (χ0n) is 6.89. The van der Waals surface area contributed by atoms with E-state index in [1.165, 1.54) is 0 Å². The topological polar surface area (TPSA) is 86.7 Å². The van der Waals surface area contributed by atoms with Gasteiger partial charge in [0.1, 0.15) is 0 Å². The van der Waals surface area contributed by atoms with Gasteiger partial charge in [-0.05, 0) is 0 Å². The number of hydrogen-bond donors (Lipinski definition) is 0. The first-order valence-electron chi connectivity index (χ1n) is 2.83. The van der Waals surface area contributed by atoms with Crippen molar-refractivity contribution < 1.29 is 65.3 Å². The summed E-state index contributed by atoms with van der Waals surface area (Å²) < 4.78 is 115. The minimum absolute atomic E-state index is 2.27. The molecular weight excluding hydrogens is 354 g/mol. The molecule has 0 aromatic carbocycles. The van der Waals surface area contributed by atoms with Crippen LogP contribution in [0.3, 0.4) is 0 Å². The van der Waals surface area contributed by atoms with Crippen LogP contribution in [0.1, 0.15) is 0 Å². The first-order chi connectivity index (χ1) is 7.21. The molecule has 0 spiro atoms. The molecule has 0 fully saturated rings. The number of alkyl halides is 6. The molecule has 0 aromatic heterocycles. The van der Waals surface area contributed by atoms with Gasteiger partial charge in [0.05, 0.1) is 0 Å². The Morgan fingerprint density at radius 1 is 0.706 bits per heavy atom. The van der Waals surface area contributed by atoms with Gasteiger partial charge in [0.15, 0.2) is 0 Å². The molecule has 106 valence electrons. The van der Waals surface area contributed by atoms with Gasteiger partial charge in [-0.3, -0.25) is 0 Å². The molecule has 0 aliphatic heterocycles. The minimum atomic E-state index is -6.22. The van der Waals surface area contributed by atoms with Crippen LogP contribution in [-0.2, 0) is 42.4 Å². The van der Waals surface area contributed by atoms with Gasteiger partial charge in [0.2, 0.25) is 0 Å². The molecule has 15 heteroatoms. The molecule has 0 bridgehead atoms. The van der Waals surface area contributed by atoms with Crippen molar-refractivity contribution in [1.29, 1.82) is 0 Å². The summed E-state index contributed by atoms with van der Waals surface area (Å²) in [5, 5.41) is 0. The zero-order valence-corrected chi connectivity index (χ0v) is 9.62. The summed E-state index contributed by atoms with van der Waals surface area (Å²) in [6.45, 7) is 0. The van der Waals surface area contributed by atoms with E-state index in [1.807, 2.05) is 0 Å². The zero-order chi connectivity index (χ0) is 14.1. The van der Waals surface area contributed by atoms with Crippen LogP contribution in [0.2, 0.25) is 0 Å². The van der Waals surface area contributed by atoms with Crippen molar-refractivity contribution in [3.63, 3.8) is 0 Å². The Morgan fingerprint density at radius 2 is 0.941 bits per heavy atom. The summed E-state index contributed by atoms with van der Waals surface area (Å²) >= 11 is -2.27. The third-order valence-corrected chi connectivity index (χ3v) is 4.22. The summed E-state index contributed by atoms with van der Waals surface area (Å²) in [4.78, 5) is 0. The fraction of sp³-hybridized carbons (Fsp3) is 1.00. The van der Waals surface area contributed by atoms with E-state index in [0.717, 1.165) is 0 Å². The quantitative estimate of drug-likeness (QED) is 0.418. The number of halogens is 6. The van der Waals surface area contributed by atoms with Gasteiger partial charge in [0.25, 0.3) is 0 Å². The molecule has 0 radical (unpaired) electrons. The van der Waals surface area contributed by atoms with E-state index in [0.29, 0.717) is 0 Å². The molecule has 0 atom stereocenters. The molecule has 0 saturated carbocycles. The molecular formula is C2F6FeO6S2. The molecule has 6 nitrogen and oxygen atoms in total. The third-order valence-electron chi connectivity index (χ3n) is 0.770. The van der Waals surface area contributed by atoms with Crippen LogP contribution >= 0.6 is 0 Å². The van der Waals surface area contributed by atoms with E-state index in [4.69, 9.17) is 0 Å². The normalized spacial score (nSPS) is 15.2. The number of rotatable bonds is 4. The Labute approximate surface area is 96.9 Å². The van der Waals surface area contributed by atoms with Crippen molar-refractivity contribution in [2.75, 3.05) is 0 Å².